The maximum atomic E-state index is 13.2. The minimum atomic E-state index is -1.09. The number of unbranched alkanes of at least 4 members (excludes halogenated alkanes) is 2. The Morgan fingerprint density at radius 2 is 2.00 bits per heavy atom. The molecule has 0 saturated heterocycles. The molecule has 0 aliphatic carbocycles. The molecule has 2 nitrogen and oxygen atoms in total. The van der Waals surface area contributed by atoms with Gasteiger partial charge in [0.05, 0.1) is 5.56 Å². The standard InChI is InChI=1S/C12H14F2INO/c13-10-6-4-5-9(11(10)14)12(17)16-8-3-1-2-7-15/h4-6H,1-3,7-8H2,(H,16,17). The molecule has 0 heterocycles. The van der Waals surface area contributed by atoms with Gasteiger partial charge in [0.25, 0.3) is 5.91 Å². The van der Waals surface area contributed by atoms with Gasteiger partial charge in [0.1, 0.15) is 0 Å². The number of halogens is 3. The van der Waals surface area contributed by atoms with Crippen LogP contribution in [0.2, 0.25) is 0 Å². The molecule has 0 radical (unpaired) electrons. The van der Waals surface area contributed by atoms with E-state index < -0.39 is 17.5 Å². The summed E-state index contributed by atoms with van der Waals surface area (Å²) in [4.78, 5) is 11.5. The van der Waals surface area contributed by atoms with Gasteiger partial charge in [-0.05, 0) is 29.4 Å². The van der Waals surface area contributed by atoms with Gasteiger partial charge in [-0.2, -0.15) is 0 Å². The minimum absolute atomic E-state index is 0.237. The van der Waals surface area contributed by atoms with E-state index in [-0.39, 0.29) is 5.56 Å². The van der Waals surface area contributed by atoms with Crippen LogP contribution < -0.4 is 5.32 Å². The van der Waals surface area contributed by atoms with Crippen molar-refractivity contribution in [2.45, 2.75) is 19.3 Å². The van der Waals surface area contributed by atoms with Crippen molar-refractivity contribution in [2.75, 3.05) is 11.0 Å². The monoisotopic (exact) mass is 353 g/mol. The van der Waals surface area contributed by atoms with Gasteiger partial charge in [0.2, 0.25) is 0 Å². The molecule has 0 aliphatic rings. The van der Waals surface area contributed by atoms with E-state index in [4.69, 9.17) is 0 Å². The molecule has 94 valence electrons. The Morgan fingerprint density at radius 1 is 1.24 bits per heavy atom. The quantitative estimate of drug-likeness (QED) is 0.475. The van der Waals surface area contributed by atoms with Crippen LogP contribution in [0, 0.1) is 11.6 Å². The molecule has 0 aliphatic heterocycles. The summed E-state index contributed by atoms with van der Waals surface area (Å²) in [5, 5.41) is 2.58. The van der Waals surface area contributed by atoms with Crippen molar-refractivity contribution >= 4 is 28.5 Å². The Labute approximate surface area is 113 Å². The third kappa shape index (κ3) is 4.57. The van der Waals surface area contributed by atoms with Crippen LogP contribution in [0.4, 0.5) is 8.78 Å². The van der Waals surface area contributed by atoms with Gasteiger partial charge >= 0.3 is 0 Å². The highest BCUT2D eigenvalue weighted by atomic mass is 127. The van der Waals surface area contributed by atoms with Crippen molar-refractivity contribution in [3.63, 3.8) is 0 Å². The predicted molar refractivity (Wildman–Crippen MR) is 71.4 cm³/mol. The Bertz CT molecular complexity index is 385. The molecule has 5 heteroatoms. The van der Waals surface area contributed by atoms with Crippen LogP contribution in [-0.4, -0.2) is 16.9 Å². The molecule has 0 spiro atoms. The summed E-state index contributed by atoms with van der Waals surface area (Å²) in [5.74, 6) is -2.64. The lowest BCUT2D eigenvalue weighted by Gasteiger charge is -2.06. The molecule has 0 aromatic heterocycles. The summed E-state index contributed by atoms with van der Waals surface area (Å²) in [5.41, 5.74) is -0.237. The van der Waals surface area contributed by atoms with E-state index in [0.29, 0.717) is 6.54 Å². The summed E-state index contributed by atoms with van der Waals surface area (Å²) in [7, 11) is 0. The maximum Gasteiger partial charge on any atom is 0.254 e. The SMILES string of the molecule is O=C(NCCCCCI)c1cccc(F)c1F. The largest absolute Gasteiger partial charge is 0.352 e. The Hall–Kier alpha value is -0.720. The van der Waals surface area contributed by atoms with Crippen molar-refractivity contribution in [3.05, 3.63) is 35.4 Å². The van der Waals surface area contributed by atoms with Gasteiger partial charge in [-0.3, -0.25) is 4.79 Å². The highest BCUT2D eigenvalue weighted by molar-refractivity contribution is 14.1. The number of hydrogen-bond donors (Lipinski definition) is 1. The smallest absolute Gasteiger partial charge is 0.254 e. The number of carbonyl (C=O) groups excluding carboxylic acids is 1. The molecule has 0 fully saturated rings. The van der Waals surface area contributed by atoms with Gasteiger partial charge in [-0.25, -0.2) is 8.78 Å². The second kappa shape index (κ2) is 7.58. The molecule has 1 N–H and O–H groups in total. The Morgan fingerprint density at radius 3 is 2.71 bits per heavy atom. The van der Waals surface area contributed by atoms with Gasteiger partial charge in [-0.15, -0.1) is 0 Å². The lowest BCUT2D eigenvalue weighted by atomic mass is 10.2. The third-order valence-electron chi connectivity index (χ3n) is 2.29. The maximum absolute atomic E-state index is 13.2. The minimum Gasteiger partial charge on any atom is -0.352 e. The summed E-state index contributed by atoms with van der Waals surface area (Å²) < 4.78 is 27.2. The number of rotatable bonds is 6. The van der Waals surface area contributed by atoms with E-state index in [2.05, 4.69) is 27.9 Å². The predicted octanol–water partition coefficient (Wildman–Crippen LogP) is 3.30. The number of benzene rings is 1. The van der Waals surface area contributed by atoms with Crippen molar-refractivity contribution < 1.29 is 13.6 Å². The first-order chi connectivity index (χ1) is 8.16. The average Bonchev–Trinajstić information content (AvgIpc) is 2.32. The number of carbonyl (C=O) groups is 1. The molecule has 1 amide bonds. The van der Waals surface area contributed by atoms with E-state index in [1.165, 1.54) is 12.1 Å². The van der Waals surface area contributed by atoms with Crippen molar-refractivity contribution in [3.8, 4) is 0 Å². The van der Waals surface area contributed by atoms with E-state index >= 15 is 0 Å². The number of amides is 1. The summed E-state index contributed by atoms with van der Waals surface area (Å²) in [6.07, 6.45) is 2.98. The first-order valence-electron chi connectivity index (χ1n) is 5.45. The third-order valence-corrected chi connectivity index (χ3v) is 3.05. The zero-order valence-corrected chi connectivity index (χ0v) is 11.5. The lowest BCUT2D eigenvalue weighted by molar-refractivity contribution is 0.0948. The average molecular weight is 353 g/mol. The van der Waals surface area contributed by atoms with Gasteiger partial charge < -0.3 is 5.32 Å². The van der Waals surface area contributed by atoms with Crippen LogP contribution in [0.15, 0.2) is 18.2 Å². The van der Waals surface area contributed by atoms with Crippen LogP contribution >= 0.6 is 22.6 Å². The topological polar surface area (TPSA) is 29.1 Å². The van der Waals surface area contributed by atoms with Crippen LogP contribution in [0.3, 0.4) is 0 Å². The molecular formula is C12H14F2INO. The van der Waals surface area contributed by atoms with Crippen LogP contribution in [0.1, 0.15) is 29.6 Å². The molecule has 1 rings (SSSR count). The fourth-order valence-corrected chi connectivity index (χ4v) is 1.91. The molecule has 0 unspecified atom stereocenters. The Kier molecular flexibility index (Phi) is 6.39. The van der Waals surface area contributed by atoms with Gasteiger partial charge in [0.15, 0.2) is 11.6 Å². The first-order valence-corrected chi connectivity index (χ1v) is 6.97. The zero-order valence-electron chi connectivity index (χ0n) is 9.31. The first kappa shape index (κ1) is 14.3. The van der Waals surface area contributed by atoms with Crippen molar-refractivity contribution in [1.29, 1.82) is 0 Å². The van der Waals surface area contributed by atoms with Gasteiger partial charge in [0, 0.05) is 6.54 Å². The molecule has 17 heavy (non-hydrogen) atoms. The van der Waals surface area contributed by atoms with Crippen molar-refractivity contribution in [1.82, 2.24) is 5.32 Å². The number of alkyl halides is 1. The summed E-state index contributed by atoms with van der Waals surface area (Å²) in [6, 6.07) is 3.59. The summed E-state index contributed by atoms with van der Waals surface area (Å²) in [6.45, 7) is 0.491. The van der Waals surface area contributed by atoms with E-state index in [1.807, 2.05) is 0 Å². The van der Waals surface area contributed by atoms with E-state index in [9.17, 15) is 13.6 Å². The van der Waals surface area contributed by atoms with Crippen LogP contribution in [-0.2, 0) is 0 Å². The second-order valence-electron chi connectivity index (χ2n) is 3.61. The molecule has 0 bridgehead atoms. The zero-order chi connectivity index (χ0) is 12.7. The molecule has 0 saturated carbocycles. The fourth-order valence-electron chi connectivity index (χ4n) is 1.37. The van der Waals surface area contributed by atoms with Crippen LogP contribution in [0.25, 0.3) is 0 Å². The Balaban J connectivity index is 2.44. The molecule has 0 atom stereocenters. The highest BCUT2D eigenvalue weighted by Gasteiger charge is 2.13. The van der Waals surface area contributed by atoms with Crippen LogP contribution in [0.5, 0.6) is 0 Å². The van der Waals surface area contributed by atoms with E-state index in [0.717, 1.165) is 29.8 Å². The van der Waals surface area contributed by atoms with E-state index in [1.54, 1.807) is 0 Å². The second-order valence-corrected chi connectivity index (χ2v) is 4.69. The summed E-state index contributed by atoms with van der Waals surface area (Å²) >= 11 is 2.29. The number of nitrogens with one attached hydrogen (secondary N) is 1. The molecule has 1 aromatic rings. The van der Waals surface area contributed by atoms with Crippen molar-refractivity contribution in [2.24, 2.45) is 0 Å². The highest BCUT2D eigenvalue weighted by Crippen LogP contribution is 2.11. The fraction of sp³-hybridized carbons (Fsp3) is 0.417. The lowest BCUT2D eigenvalue weighted by Crippen LogP contribution is -2.25. The normalized spacial score (nSPS) is 10.3. The molecular weight excluding hydrogens is 339 g/mol. The number of hydrogen-bond acceptors (Lipinski definition) is 1. The molecule has 1 aromatic carbocycles. The van der Waals surface area contributed by atoms with Gasteiger partial charge in [-0.1, -0.05) is 35.1 Å².